The van der Waals surface area contributed by atoms with E-state index in [4.69, 9.17) is 0 Å². The summed E-state index contributed by atoms with van der Waals surface area (Å²) in [5.41, 5.74) is 1.61. The van der Waals surface area contributed by atoms with Gasteiger partial charge in [-0.25, -0.2) is 0 Å². The molecule has 1 aliphatic heterocycles. The molecule has 6 nitrogen and oxygen atoms in total. The number of hydrogen-bond acceptors (Lipinski definition) is 4. The maximum absolute atomic E-state index is 12.8. The number of aryl methyl sites for hydroxylation is 1. The zero-order valence-corrected chi connectivity index (χ0v) is 17.8. The van der Waals surface area contributed by atoms with Crippen molar-refractivity contribution in [3.05, 3.63) is 47.8 Å². The Morgan fingerprint density at radius 3 is 2.53 bits per heavy atom. The van der Waals surface area contributed by atoms with Gasteiger partial charge in [-0.05, 0) is 43.1 Å². The summed E-state index contributed by atoms with van der Waals surface area (Å²) in [6.07, 6.45) is 11.6. The molecule has 1 aliphatic carbocycles. The maximum Gasteiger partial charge on any atom is 0.276 e. The van der Waals surface area contributed by atoms with Crippen LogP contribution in [0.15, 0.2) is 36.5 Å². The lowest BCUT2D eigenvalue weighted by atomic mass is 9.87. The molecular weight excluding hydrogens is 376 g/mol. The van der Waals surface area contributed by atoms with Crippen LogP contribution >= 0.6 is 0 Å². The molecule has 1 aromatic heterocycles. The van der Waals surface area contributed by atoms with Crippen molar-refractivity contribution < 1.29 is 9.90 Å². The van der Waals surface area contributed by atoms with E-state index >= 15 is 0 Å². The molecule has 2 aromatic rings. The topological polar surface area (TPSA) is 71.2 Å². The number of aliphatic hydroxyl groups is 1. The molecule has 6 heteroatoms. The first-order chi connectivity index (χ1) is 14.7. The van der Waals surface area contributed by atoms with E-state index in [1.165, 1.54) is 32.1 Å². The van der Waals surface area contributed by atoms with E-state index in [-0.39, 0.29) is 17.9 Å². The standard InChI is InChI=1S/C24H34N4O2/c29-23(17-20-9-5-2-6-10-20)21-12-14-27(15-13-21)24(30)22-18-28(26-25-22)16-11-19-7-3-1-4-8-19/h2,5-6,9-10,18-19,21,23,29H,1,3-4,7-8,11-17H2. The van der Waals surface area contributed by atoms with E-state index in [1.54, 1.807) is 0 Å². The number of benzene rings is 1. The van der Waals surface area contributed by atoms with Crippen molar-refractivity contribution in [3.63, 3.8) is 0 Å². The second kappa shape index (κ2) is 10.2. The Balaban J connectivity index is 1.23. The van der Waals surface area contributed by atoms with Crippen LogP contribution in [0.2, 0.25) is 0 Å². The number of carbonyl (C=O) groups is 1. The van der Waals surface area contributed by atoms with Crippen molar-refractivity contribution in [1.29, 1.82) is 0 Å². The van der Waals surface area contributed by atoms with Crippen LogP contribution in [-0.2, 0) is 13.0 Å². The van der Waals surface area contributed by atoms with E-state index in [0.717, 1.165) is 37.3 Å². The fourth-order valence-electron chi connectivity index (χ4n) is 4.97. The van der Waals surface area contributed by atoms with Crippen LogP contribution in [0.3, 0.4) is 0 Å². The molecule has 2 fully saturated rings. The highest BCUT2D eigenvalue weighted by molar-refractivity contribution is 5.91. The quantitative estimate of drug-likeness (QED) is 0.755. The lowest BCUT2D eigenvalue weighted by Crippen LogP contribution is -2.41. The summed E-state index contributed by atoms with van der Waals surface area (Å²) >= 11 is 0. The highest BCUT2D eigenvalue weighted by Crippen LogP contribution is 2.27. The Morgan fingerprint density at radius 1 is 1.07 bits per heavy atom. The van der Waals surface area contributed by atoms with Crippen LogP contribution < -0.4 is 0 Å². The zero-order chi connectivity index (χ0) is 20.8. The highest BCUT2D eigenvalue weighted by atomic mass is 16.3. The minimum absolute atomic E-state index is 0.0325. The van der Waals surface area contributed by atoms with E-state index in [1.807, 2.05) is 34.0 Å². The second-order valence-electron chi connectivity index (χ2n) is 9.05. The van der Waals surface area contributed by atoms with Gasteiger partial charge in [0.25, 0.3) is 5.91 Å². The number of likely N-dealkylation sites (tertiary alicyclic amines) is 1. The average Bonchev–Trinajstić information content (AvgIpc) is 3.28. The SMILES string of the molecule is O=C(c1cn(CCC2CCCCC2)nn1)N1CCC(C(O)Cc2ccccc2)CC1. The Morgan fingerprint density at radius 2 is 1.80 bits per heavy atom. The summed E-state index contributed by atoms with van der Waals surface area (Å²) in [6, 6.07) is 10.1. The van der Waals surface area contributed by atoms with E-state index in [9.17, 15) is 9.90 Å². The summed E-state index contributed by atoms with van der Waals surface area (Å²) < 4.78 is 1.83. The molecule has 2 heterocycles. The van der Waals surface area contributed by atoms with Gasteiger partial charge in [-0.2, -0.15) is 0 Å². The normalized spacial score (nSPS) is 19.7. The van der Waals surface area contributed by atoms with Gasteiger partial charge in [-0.1, -0.05) is 67.6 Å². The number of hydrogen-bond donors (Lipinski definition) is 1. The fourth-order valence-corrected chi connectivity index (χ4v) is 4.97. The first-order valence-corrected chi connectivity index (χ1v) is 11.6. The second-order valence-corrected chi connectivity index (χ2v) is 9.05. The minimum atomic E-state index is -0.356. The molecule has 0 spiro atoms. The average molecular weight is 411 g/mol. The number of nitrogens with zero attached hydrogens (tertiary/aromatic N) is 4. The molecule has 4 rings (SSSR count). The first kappa shape index (κ1) is 21.0. The Bertz CT molecular complexity index is 793. The van der Waals surface area contributed by atoms with Crippen LogP contribution in [0.1, 0.15) is 67.4 Å². The van der Waals surface area contributed by atoms with Gasteiger partial charge in [0, 0.05) is 19.6 Å². The lowest BCUT2D eigenvalue weighted by Gasteiger charge is -2.34. The third-order valence-electron chi connectivity index (χ3n) is 6.91. The van der Waals surface area contributed by atoms with Gasteiger partial charge in [0.15, 0.2) is 5.69 Å². The monoisotopic (exact) mass is 410 g/mol. The summed E-state index contributed by atoms with van der Waals surface area (Å²) in [5.74, 6) is 0.999. The number of amides is 1. The van der Waals surface area contributed by atoms with Gasteiger partial charge < -0.3 is 10.0 Å². The molecule has 0 radical (unpaired) electrons. The molecule has 1 aromatic carbocycles. The summed E-state index contributed by atoms with van der Waals surface area (Å²) in [6.45, 7) is 2.19. The zero-order valence-electron chi connectivity index (χ0n) is 17.8. The molecule has 30 heavy (non-hydrogen) atoms. The van der Waals surface area contributed by atoms with Crippen LogP contribution in [0.5, 0.6) is 0 Å². The molecule has 0 bridgehead atoms. The first-order valence-electron chi connectivity index (χ1n) is 11.6. The van der Waals surface area contributed by atoms with Crippen LogP contribution in [0.4, 0.5) is 0 Å². The number of piperidine rings is 1. The summed E-state index contributed by atoms with van der Waals surface area (Å²) in [5, 5.41) is 18.9. The summed E-state index contributed by atoms with van der Waals surface area (Å²) in [4.78, 5) is 14.7. The van der Waals surface area contributed by atoms with Crippen molar-refractivity contribution in [2.24, 2.45) is 11.8 Å². The lowest BCUT2D eigenvalue weighted by molar-refractivity contribution is 0.0463. The van der Waals surface area contributed by atoms with Gasteiger partial charge in [0.05, 0.1) is 12.3 Å². The molecule has 1 saturated heterocycles. The van der Waals surface area contributed by atoms with E-state index in [0.29, 0.717) is 25.2 Å². The molecule has 1 atom stereocenters. The molecular formula is C24H34N4O2. The van der Waals surface area contributed by atoms with Gasteiger partial charge in [0.1, 0.15) is 0 Å². The number of aromatic nitrogens is 3. The van der Waals surface area contributed by atoms with Crippen molar-refractivity contribution in [2.45, 2.75) is 70.4 Å². The highest BCUT2D eigenvalue weighted by Gasteiger charge is 2.29. The third kappa shape index (κ3) is 5.48. The largest absolute Gasteiger partial charge is 0.392 e. The van der Waals surface area contributed by atoms with Crippen molar-refractivity contribution in [3.8, 4) is 0 Å². The van der Waals surface area contributed by atoms with Gasteiger partial charge in [-0.3, -0.25) is 9.48 Å². The molecule has 1 amide bonds. The smallest absolute Gasteiger partial charge is 0.276 e. The van der Waals surface area contributed by atoms with Crippen molar-refractivity contribution in [1.82, 2.24) is 19.9 Å². The van der Waals surface area contributed by atoms with Gasteiger partial charge in [-0.15, -0.1) is 5.10 Å². The third-order valence-corrected chi connectivity index (χ3v) is 6.91. The molecule has 1 unspecified atom stereocenters. The number of rotatable bonds is 7. The number of carbonyl (C=O) groups excluding carboxylic acids is 1. The minimum Gasteiger partial charge on any atom is -0.392 e. The van der Waals surface area contributed by atoms with Crippen LogP contribution in [-0.4, -0.2) is 50.1 Å². The van der Waals surface area contributed by atoms with Crippen LogP contribution in [0.25, 0.3) is 0 Å². The van der Waals surface area contributed by atoms with Gasteiger partial charge >= 0.3 is 0 Å². The molecule has 2 aliphatic rings. The van der Waals surface area contributed by atoms with Gasteiger partial charge in [0.2, 0.25) is 0 Å². The van der Waals surface area contributed by atoms with E-state index in [2.05, 4.69) is 22.4 Å². The predicted octanol–water partition coefficient (Wildman–Crippen LogP) is 3.70. The van der Waals surface area contributed by atoms with Crippen LogP contribution in [0, 0.1) is 11.8 Å². The number of aliphatic hydroxyl groups excluding tert-OH is 1. The Hall–Kier alpha value is -2.21. The Kier molecular flexibility index (Phi) is 7.16. The fraction of sp³-hybridized carbons (Fsp3) is 0.625. The predicted molar refractivity (Wildman–Crippen MR) is 116 cm³/mol. The summed E-state index contributed by atoms with van der Waals surface area (Å²) in [7, 11) is 0. The Labute approximate surface area is 179 Å². The van der Waals surface area contributed by atoms with Crippen molar-refractivity contribution in [2.75, 3.05) is 13.1 Å². The molecule has 1 saturated carbocycles. The maximum atomic E-state index is 12.8. The molecule has 1 N–H and O–H groups in total. The van der Waals surface area contributed by atoms with Crippen molar-refractivity contribution >= 4 is 5.91 Å². The van der Waals surface area contributed by atoms with E-state index < -0.39 is 0 Å². The molecule has 162 valence electrons.